The zero-order valence-electron chi connectivity index (χ0n) is 18.4. The normalized spacial score (nSPS) is 15.1. The molecule has 0 radical (unpaired) electrons. The second-order valence-electron chi connectivity index (χ2n) is 7.22. The molecule has 0 bridgehead atoms. The van der Waals surface area contributed by atoms with Crippen LogP contribution in [0.1, 0.15) is 19.6 Å². The van der Waals surface area contributed by atoms with Crippen LogP contribution in [0.5, 0.6) is 0 Å². The van der Waals surface area contributed by atoms with Gasteiger partial charge >= 0.3 is 5.97 Å². The van der Waals surface area contributed by atoms with E-state index in [9.17, 15) is 19.6 Å². The lowest BCUT2D eigenvalue weighted by molar-refractivity contribution is -0.142. The molecule has 1 aliphatic rings. The molecule has 0 aliphatic carbocycles. The van der Waals surface area contributed by atoms with Crippen molar-refractivity contribution in [3.63, 3.8) is 0 Å². The first-order valence-corrected chi connectivity index (χ1v) is 10.9. The molecule has 10 heteroatoms. The number of benzene rings is 1. The van der Waals surface area contributed by atoms with Gasteiger partial charge in [0.2, 0.25) is 0 Å². The highest BCUT2D eigenvalue weighted by molar-refractivity contribution is 6.42. The molecule has 2 amide bonds. The van der Waals surface area contributed by atoms with Gasteiger partial charge in [-0.1, -0.05) is 23.2 Å². The van der Waals surface area contributed by atoms with Crippen molar-refractivity contribution in [3.05, 3.63) is 62.9 Å². The number of amides is 2. The van der Waals surface area contributed by atoms with Crippen LogP contribution in [0.2, 0.25) is 10.0 Å². The maximum atomic E-state index is 13.1. The first-order valence-electron chi connectivity index (χ1n) is 10.2. The van der Waals surface area contributed by atoms with E-state index in [1.165, 1.54) is 19.9 Å². The molecule has 8 nitrogen and oxygen atoms in total. The SMILES string of the molecule is CC(=O)OCCOCCN1C(=O)C(C#N)=C(C)/C(=C\c2ccc(-c3ccc(Cl)c(Cl)c3)o2)C1=O. The number of nitriles is 1. The van der Waals surface area contributed by atoms with Gasteiger partial charge in [-0.15, -0.1) is 0 Å². The van der Waals surface area contributed by atoms with Gasteiger partial charge in [0.15, 0.2) is 0 Å². The van der Waals surface area contributed by atoms with Crippen LogP contribution in [0.3, 0.4) is 0 Å². The van der Waals surface area contributed by atoms with Crippen molar-refractivity contribution in [1.82, 2.24) is 4.90 Å². The summed E-state index contributed by atoms with van der Waals surface area (Å²) in [6.07, 6.45) is 1.48. The van der Waals surface area contributed by atoms with Crippen molar-refractivity contribution in [3.8, 4) is 17.4 Å². The molecule has 2 aromatic rings. The van der Waals surface area contributed by atoms with Gasteiger partial charge in [-0.3, -0.25) is 19.3 Å². The fraction of sp³-hybridized carbons (Fsp3) is 0.250. The Morgan fingerprint density at radius 3 is 2.56 bits per heavy atom. The zero-order valence-corrected chi connectivity index (χ0v) is 19.9. The summed E-state index contributed by atoms with van der Waals surface area (Å²) in [6.45, 7) is 2.94. The molecule has 3 rings (SSSR count). The minimum atomic E-state index is -0.693. The van der Waals surface area contributed by atoms with Gasteiger partial charge in [0, 0.05) is 18.1 Å². The van der Waals surface area contributed by atoms with Crippen molar-refractivity contribution < 1.29 is 28.3 Å². The van der Waals surface area contributed by atoms with Gasteiger partial charge in [0.05, 0.1) is 29.8 Å². The smallest absolute Gasteiger partial charge is 0.302 e. The van der Waals surface area contributed by atoms with Crippen molar-refractivity contribution in [1.29, 1.82) is 5.26 Å². The molecule has 0 saturated carbocycles. The average Bonchev–Trinajstić information content (AvgIpc) is 3.26. The summed E-state index contributed by atoms with van der Waals surface area (Å²) in [5, 5.41) is 10.3. The molecule has 0 spiro atoms. The Labute approximate surface area is 205 Å². The van der Waals surface area contributed by atoms with Crippen LogP contribution in [0.25, 0.3) is 17.4 Å². The first-order chi connectivity index (χ1) is 16.2. The number of furan rings is 1. The van der Waals surface area contributed by atoms with Crippen LogP contribution >= 0.6 is 23.2 Å². The highest BCUT2D eigenvalue weighted by Crippen LogP contribution is 2.31. The topological polar surface area (TPSA) is 110 Å². The number of rotatable bonds is 8. The summed E-state index contributed by atoms with van der Waals surface area (Å²) < 4.78 is 15.9. The van der Waals surface area contributed by atoms with E-state index in [0.29, 0.717) is 27.1 Å². The number of hydrogen-bond donors (Lipinski definition) is 0. The highest BCUT2D eigenvalue weighted by Gasteiger charge is 2.35. The van der Waals surface area contributed by atoms with Gasteiger partial charge in [-0.05, 0) is 48.9 Å². The number of carbonyl (C=O) groups is 3. The van der Waals surface area contributed by atoms with E-state index in [0.717, 1.165) is 4.90 Å². The molecular formula is C24H20Cl2N2O6. The van der Waals surface area contributed by atoms with Crippen molar-refractivity contribution >= 4 is 47.1 Å². The van der Waals surface area contributed by atoms with E-state index >= 15 is 0 Å². The fourth-order valence-electron chi connectivity index (χ4n) is 3.21. The lowest BCUT2D eigenvalue weighted by atomic mass is 9.94. The van der Waals surface area contributed by atoms with Crippen molar-refractivity contribution in [2.45, 2.75) is 13.8 Å². The van der Waals surface area contributed by atoms with Gasteiger partial charge < -0.3 is 13.9 Å². The van der Waals surface area contributed by atoms with Gasteiger partial charge in [0.1, 0.15) is 29.8 Å². The molecule has 0 atom stereocenters. The molecule has 176 valence electrons. The third kappa shape index (κ3) is 5.75. The summed E-state index contributed by atoms with van der Waals surface area (Å²) in [5.41, 5.74) is 0.979. The largest absolute Gasteiger partial charge is 0.463 e. The summed E-state index contributed by atoms with van der Waals surface area (Å²) in [6, 6.07) is 10.3. The third-order valence-corrected chi connectivity index (χ3v) is 5.67. The molecule has 1 aromatic heterocycles. The molecule has 0 N–H and O–H groups in total. The van der Waals surface area contributed by atoms with Crippen molar-refractivity contribution in [2.75, 3.05) is 26.4 Å². The minimum Gasteiger partial charge on any atom is -0.463 e. The number of nitrogens with zero attached hydrogens (tertiary/aromatic N) is 2. The summed E-state index contributed by atoms with van der Waals surface area (Å²) in [7, 11) is 0. The summed E-state index contributed by atoms with van der Waals surface area (Å²) in [5.74, 6) is -0.837. The maximum Gasteiger partial charge on any atom is 0.302 e. The molecular weight excluding hydrogens is 483 g/mol. The third-order valence-electron chi connectivity index (χ3n) is 4.94. The average molecular weight is 503 g/mol. The highest BCUT2D eigenvalue weighted by atomic mass is 35.5. The predicted molar refractivity (Wildman–Crippen MR) is 125 cm³/mol. The van der Waals surface area contributed by atoms with E-state index in [2.05, 4.69) is 0 Å². The van der Waals surface area contributed by atoms with Gasteiger partial charge in [-0.2, -0.15) is 5.26 Å². The van der Waals surface area contributed by atoms with Crippen LogP contribution in [0.15, 0.2) is 51.5 Å². The van der Waals surface area contributed by atoms with E-state index in [-0.39, 0.29) is 43.1 Å². The Bertz CT molecular complexity index is 1240. The summed E-state index contributed by atoms with van der Waals surface area (Å²) >= 11 is 12.0. The lowest BCUT2D eigenvalue weighted by Crippen LogP contribution is -2.44. The van der Waals surface area contributed by atoms with Gasteiger partial charge in [-0.25, -0.2) is 0 Å². The second kappa shape index (κ2) is 11.2. The molecule has 0 fully saturated rings. The van der Waals surface area contributed by atoms with Crippen LogP contribution in [0, 0.1) is 11.3 Å². The number of ether oxygens (including phenoxy) is 2. The number of halogens is 2. The number of hydrogen-bond acceptors (Lipinski definition) is 7. The number of esters is 1. The lowest BCUT2D eigenvalue weighted by Gasteiger charge is -2.27. The number of imide groups is 1. The standard InChI is InChI=1S/C24H20Cl2N2O6/c1-14-18(12-17-4-6-22(34-17)16-3-5-20(25)21(26)11-16)23(30)28(24(31)19(14)13-27)7-8-32-9-10-33-15(2)29/h3-6,11-12H,7-10H2,1-2H3/b18-12+. The molecule has 0 unspecified atom stereocenters. The van der Waals surface area contributed by atoms with Crippen LogP contribution in [-0.2, 0) is 23.9 Å². The fourth-order valence-corrected chi connectivity index (χ4v) is 3.51. The number of carbonyl (C=O) groups excluding carboxylic acids is 3. The van der Waals surface area contributed by atoms with Crippen LogP contribution in [0.4, 0.5) is 0 Å². The maximum absolute atomic E-state index is 13.1. The quantitative estimate of drug-likeness (QED) is 0.227. The van der Waals surface area contributed by atoms with Crippen LogP contribution in [-0.4, -0.2) is 49.0 Å². The molecule has 1 aliphatic heterocycles. The van der Waals surface area contributed by atoms with E-state index < -0.39 is 17.8 Å². The monoisotopic (exact) mass is 502 g/mol. The Kier molecular flexibility index (Phi) is 8.29. The van der Waals surface area contributed by atoms with Crippen molar-refractivity contribution in [2.24, 2.45) is 0 Å². The Morgan fingerprint density at radius 1 is 1.12 bits per heavy atom. The summed E-state index contributed by atoms with van der Waals surface area (Å²) in [4.78, 5) is 37.5. The van der Waals surface area contributed by atoms with Crippen LogP contribution < -0.4 is 0 Å². The predicted octanol–water partition coefficient (Wildman–Crippen LogP) is 4.43. The second-order valence-corrected chi connectivity index (χ2v) is 8.03. The van der Waals surface area contributed by atoms with E-state index in [4.69, 9.17) is 37.1 Å². The molecule has 2 heterocycles. The minimum absolute atomic E-state index is 0.0198. The van der Waals surface area contributed by atoms with Gasteiger partial charge in [0.25, 0.3) is 11.8 Å². The Balaban J connectivity index is 1.80. The molecule has 0 saturated heterocycles. The Hall–Kier alpha value is -3.38. The molecule has 1 aromatic carbocycles. The molecule has 34 heavy (non-hydrogen) atoms. The van der Waals surface area contributed by atoms with E-state index in [1.54, 1.807) is 30.3 Å². The zero-order chi connectivity index (χ0) is 24.8. The first kappa shape index (κ1) is 25.2. The van der Waals surface area contributed by atoms with E-state index in [1.807, 2.05) is 6.07 Å². The Morgan fingerprint density at radius 2 is 1.88 bits per heavy atom.